The molecule has 1 aromatic carbocycles. The molecule has 5 nitrogen and oxygen atoms in total. The Morgan fingerprint density at radius 3 is 2.67 bits per heavy atom. The highest BCUT2D eigenvalue weighted by Crippen LogP contribution is 2.33. The minimum Gasteiger partial charge on any atom is -0.370 e. The summed E-state index contributed by atoms with van der Waals surface area (Å²) in [6.07, 6.45) is -0.0872. The monoisotopic (exact) mass is 314 g/mol. The van der Waals surface area contributed by atoms with Gasteiger partial charge in [0, 0.05) is 13.0 Å². The van der Waals surface area contributed by atoms with Crippen LogP contribution in [0.5, 0.6) is 0 Å². The molecular weight excluding hydrogens is 307 g/mol. The third kappa shape index (κ3) is 2.01. The Balaban J connectivity index is 2.41. The van der Waals surface area contributed by atoms with Crippen LogP contribution < -0.4 is 10.6 Å². The van der Waals surface area contributed by atoms with Crippen molar-refractivity contribution in [2.45, 2.75) is 6.42 Å². The largest absolute Gasteiger partial charge is 0.370 e. The van der Waals surface area contributed by atoms with E-state index in [0.717, 1.165) is 11.0 Å². The molecule has 0 atom stereocenters. The first-order valence-electron chi connectivity index (χ1n) is 5.05. The molecule has 0 aromatic heterocycles. The number of fused-ring (bicyclic) bond motifs is 1. The number of ketones is 1. The number of nitrogens with zero attached hydrogens (tertiary/aromatic N) is 1. The van der Waals surface area contributed by atoms with E-state index in [1.165, 1.54) is 6.07 Å². The van der Waals surface area contributed by atoms with Crippen molar-refractivity contribution >= 4 is 39.2 Å². The van der Waals surface area contributed by atoms with Crippen LogP contribution in [-0.4, -0.2) is 24.1 Å². The lowest BCUT2D eigenvalue weighted by molar-refractivity contribution is -0.118. The van der Waals surface area contributed by atoms with Crippen molar-refractivity contribution in [3.63, 3.8) is 0 Å². The lowest BCUT2D eigenvalue weighted by Gasteiger charge is -2.15. The number of nitrogens with two attached hydrogens (primary N) is 1. The van der Waals surface area contributed by atoms with Gasteiger partial charge >= 0.3 is 0 Å². The lowest BCUT2D eigenvalue weighted by atomic mass is 10.1. The van der Waals surface area contributed by atoms with Gasteiger partial charge in [-0.1, -0.05) is 0 Å². The van der Waals surface area contributed by atoms with Crippen LogP contribution in [0.1, 0.15) is 16.8 Å². The third-order valence-corrected chi connectivity index (χ3v) is 3.20. The molecule has 18 heavy (non-hydrogen) atoms. The molecule has 1 aromatic rings. The summed E-state index contributed by atoms with van der Waals surface area (Å²) in [6.45, 7) is -0.0338. The maximum atomic E-state index is 13.4. The van der Waals surface area contributed by atoms with E-state index in [0.29, 0.717) is 0 Å². The SMILES string of the molecule is NC(=O)CCN1C(=O)C(=O)c2cc(Br)c(F)cc21. The number of Topliss-reactive ketones (excluding diaryl/α,β-unsaturated/α-hetero) is 1. The second-order valence-corrected chi connectivity index (χ2v) is 4.64. The van der Waals surface area contributed by atoms with Gasteiger partial charge in [-0.3, -0.25) is 14.4 Å². The molecule has 0 unspecified atom stereocenters. The van der Waals surface area contributed by atoms with E-state index < -0.39 is 23.4 Å². The highest BCUT2D eigenvalue weighted by atomic mass is 79.9. The molecule has 0 spiro atoms. The van der Waals surface area contributed by atoms with Crippen LogP contribution in [-0.2, 0) is 9.59 Å². The maximum Gasteiger partial charge on any atom is 0.299 e. The van der Waals surface area contributed by atoms with E-state index in [-0.39, 0.29) is 28.7 Å². The minimum atomic E-state index is -0.774. The average Bonchev–Trinajstić information content (AvgIpc) is 2.51. The molecule has 94 valence electrons. The molecule has 2 amide bonds. The molecule has 0 aliphatic carbocycles. The number of halogens is 2. The van der Waals surface area contributed by atoms with Crippen LogP contribution in [0.4, 0.5) is 10.1 Å². The zero-order valence-corrected chi connectivity index (χ0v) is 10.7. The summed E-state index contributed by atoms with van der Waals surface area (Å²) >= 11 is 2.95. The van der Waals surface area contributed by atoms with E-state index in [9.17, 15) is 18.8 Å². The van der Waals surface area contributed by atoms with Crippen molar-refractivity contribution in [1.82, 2.24) is 0 Å². The Bertz CT molecular complexity index is 574. The van der Waals surface area contributed by atoms with E-state index in [1.807, 2.05) is 0 Å². The number of benzene rings is 1. The van der Waals surface area contributed by atoms with E-state index in [1.54, 1.807) is 0 Å². The fourth-order valence-electron chi connectivity index (χ4n) is 1.73. The maximum absolute atomic E-state index is 13.4. The van der Waals surface area contributed by atoms with Crippen molar-refractivity contribution in [2.24, 2.45) is 5.73 Å². The number of primary amides is 1. The van der Waals surface area contributed by atoms with Crippen molar-refractivity contribution in [3.8, 4) is 0 Å². The normalized spacial score (nSPS) is 14.0. The molecule has 0 saturated carbocycles. The summed E-state index contributed by atoms with van der Waals surface area (Å²) in [6, 6.07) is 2.35. The molecule has 2 rings (SSSR count). The van der Waals surface area contributed by atoms with Gasteiger partial charge in [0.05, 0.1) is 15.7 Å². The third-order valence-electron chi connectivity index (χ3n) is 2.60. The van der Waals surface area contributed by atoms with Crippen LogP contribution in [0.25, 0.3) is 0 Å². The van der Waals surface area contributed by atoms with Gasteiger partial charge in [-0.05, 0) is 28.1 Å². The van der Waals surface area contributed by atoms with Crippen LogP contribution in [0.3, 0.4) is 0 Å². The van der Waals surface area contributed by atoms with Crippen molar-refractivity contribution in [1.29, 1.82) is 0 Å². The van der Waals surface area contributed by atoms with Gasteiger partial charge in [0.15, 0.2) is 0 Å². The van der Waals surface area contributed by atoms with Gasteiger partial charge in [0.2, 0.25) is 5.91 Å². The predicted molar refractivity (Wildman–Crippen MR) is 64.6 cm³/mol. The van der Waals surface area contributed by atoms with Gasteiger partial charge in [0.25, 0.3) is 11.7 Å². The smallest absolute Gasteiger partial charge is 0.299 e. The summed E-state index contributed by atoms with van der Waals surface area (Å²) in [5.74, 6) is -2.67. The summed E-state index contributed by atoms with van der Waals surface area (Å²) < 4.78 is 13.5. The number of hydrogen-bond acceptors (Lipinski definition) is 3. The average molecular weight is 315 g/mol. The molecule has 0 bridgehead atoms. The summed E-state index contributed by atoms with van der Waals surface area (Å²) in [5, 5.41) is 0. The summed E-state index contributed by atoms with van der Waals surface area (Å²) in [5.41, 5.74) is 5.28. The van der Waals surface area contributed by atoms with E-state index in [2.05, 4.69) is 15.9 Å². The Labute approximate surface area is 110 Å². The topological polar surface area (TPSA) is 80.5 Å². The number of amides is 2. The lowest BCUT2D eigenvalue weighted by Crippen LogP contribution is -2.32. The Morgan fingerprint density at radius 1 is 1.39 bits per heavy atom. The molecule has 1 aliphatic rings. The second-order valence-electron chi connectivity index (χ2n) is 3.79. The van der Waals surface area contributed by atoms with Crippen LogP contribution in [0, 0.1) is 5.82 Å². The van der Waals surface area contributed by atoms with Crippen molar-refractivity contribution in [3.05, 3.63) is 28.0 Å². The van der Waals surface area contributed by atoms with Crippen LogP contribution in [0.2, 0.25) is 0 Å². The van der Waals surface area contributed by atoms with Gasteiger partial charge in [0.1, 0.15) is 5.82 Å². The molecule has 1 heterocycles. The van der Waals surface area contributed by atoms with Gasteiger partial charge < -0.3 is 10.6 Å². The molecule has 0 saturated heterocycles. The zero-order valence-electron chi connectivity index (χ0n) is 9.07. The van der Waals surface area contributed by atoms with Crippen molar-refractivity contribution < 1.29 is 18.8 Å². The van der Waals surface area contributed by atoms with Crippen LogP contribution >= 0.6 is 15.9 Å². The Hall–Kier alpha value is -1.76. The van der Waals surface area contributed by atoms with Gasteiger partial charge in [-0.15, -0.1) is 0 Å². The highest BCUT2D eigenvalue weighted by molar-refractivity contribution is 9.10. The molecule has 1 aliphatic heterocycles. The number of hydrogen-bond donors (Lipinski definition) is 1. The fraction of sp³-hybridized carbons (Fsp3) is 0.182. The first-order valence-corrected chi connectivity index (χ1v) is 5.84. The van der Waals surface area contributed by atoms with E-state index in [4.69, 9.17) is 5.73 Å². The second kappa shape index (κ2) is 4.49. The number of carbonyl (C=O) groups is 3. The van der Waals surface area contributed by atoms with Gasteiger partial charge in [-0.2, -0.15) is 0 Å². The van der Waals surface area contributed by atoms with Gasteiger partial charge in [-0.25, -0.2) is 4.39 Å². The summed E-state index contributed by atoms with van der Waals surface area (Å²) in [4.78, 5) is 35.1. The van der Waals surface area contributed by atoms with E-state index >= 15 is 0 Å². The zero-order chi connectivity index (χ0) is 13.4. The minimum absolute atomic E-state index is 0.0338. The highest BCUT2D eigenvalue weighted by Gasteiger charge is 2.36. The summed E-state index contributed by atoms with van der Waals surface area (Å²) in [7, 11) is 0. The standard InChI is InChI=1S/C11H8BrFN2O3/c12-6-3-5-8(4-7(6)13)15(2-1-9(14)16)11(18)10(5)17/h3-4H,1-2H2,(H2,14,16). The Morgan fingerprint density at radius 2 is 2.06 bits per heavy atom. The van der Waals surface area contributed by atoms with Crippen LogP contribution in [0.15, 0.2) is 16.6 Å². The molecule has 0 radical (unpaired) electrons. The number of carbonyl (C=O) groups excluding carboxylic acids is 3. The molecule has 7 heteroatoms. The van der Waals surface area contributed by atoms with Crippen molar-refractivity contribution in [2.75, 3.05) is 11.4 Å². The first-order chi connectivity index (χ1) is 8.41. The fourth-order valence-corrected chi connectivity index (χ4v) is 2.08. The number of anilines is 1. The molecular formula is C11H8BrFN2O3. The molecule has 0 fully saturated rings. The predicted octanol–water partition coefficient (Wildman–Crippen LogP) is 0.993. The molecule has 2 N–H and O–H groups in total. The number of rotatable bonds is 3. The first kappa shape index (κ1) is 12.7. The quantitative estimate of drug-likeness (QED) is 0.845. The Kier molecular flexibility index (Phi) is 3.16.